The molecule has 2 atom stereocenters. The van der Waals surface area contributed by atoms with E-state index < -0.39 is 36.3 Å². The van der Waals surface area contributed by atoms with Gasteiger partial charge in [0.05, 0.1) is 12.6 Å². The van der Waals surface area contributed by atoms with Crippen LogP contribution in [0.2, 0.25) is 0 Å². The molecule has 3 aromatic rings. The molecule has 1 fully saturated rings. The number of nitrogens with zero attached hydrogens (tertiary/aromatic N) is 4. The first kappa shape index (κ1) is 23.2. The van der Waals surface area contributed by atoms with Crippen molar-refractivity contribution in [1.29, 1.82) is 0 Å². The Labute approximate surface area is 190 Å². The molecule has 176 valence electrons. The van der Waals surface area contributed by atoms with Crippen LogP contribution in [-0.4, -0.2) is 44.7 Å². The van der Waals surface area contributed by atoms with E-state index in [1.165, 1.54) is 6.92 Å². The van der Waals surface area contributed by atoms with Crippen LogP contribution >= 0.6 is 11.3 Å². The molecule has 3 heterocycles. The van der Waals surface area contributed by atoms with Crippen molar-refractivity contribution in [3.05, 3.63) is 52.1 Å². The van der Waals surface area contributed by atoms with Crippen LogP contribution < -0.4 is 15.8 Å². The summed E-state index contributed by atoms with van der Waals surface area (Å²) in [4.78, 5) is 35.2. The Morgan fingerprint density at radius 1 is 1.30 bits per heavy atom. The average Bonchev–Trinajstić information content (AvgIpc) is 3.44. The maximum atomic E-state index is 13.6. The van der Waals surface area contributed by atoms with E-state index in [1.807, 2.05) is 30.3 Å². The standard InChI is InChI=1S/C21H22F3N5O3S/c1-12(11-30)29-18(32)15-17(27-19(29)21(22,23)24)33-20(26-15)28-9-5-8-14(28)16(31)25-10-13-6-3-2-4-7-13/h2-4,6-7,12,14,30H,5,8-11H2,1H3,(H,25,31)/t12-,14-/m1/s1. The summed E-state index contributed by atoms with van der Waals surface area (Å²) in [6, 6.07) is 7.73. The molecule has 4 rings (SSSR count). The Morgan fingerprint density at radius 3 is 2.70 bits per heavy atom. The molecule has 1 amide bonds. The van der Waals surface area contributed by atoms with Crippen molar-refractivity contribution in [2.45, 2.75) is 44.6 Å². The number of halogens is 3. The number of hydrogen-bond acceptors (Lipinski definition) is 7. The van der Waals surface area contributed by atoms with Crippen LogP contribution in [0.5, 0.6) is 0 Å². The molecule has 1 aliphatic rings. The molecule has 2 N–H and O–H groups in total. The number of amides is 1. The SMILES string of the molecule is C[C@H](CO)n1c(C(F)(F)F)nc2sc(N3CCC[C@@H]3C(=O)NCc3ccccc3)nc2c1=O. The first-order valence-electron chi connectivity index (χ1n) is 10.4. The molecule has 8 nitrogen and oxygen atoms in total. The number of aliphatic hydroxyl groups excluding tert-OH is 1. The number of alkyl halides is 3. The van der Waals surface area contributed by atoms with Crippen LogP contribution in [-0.2, 0) is 17.5 Å². The number of hydrogen-bond donors (Lipinski definition) is 2. The van der Waals surface area contributed by atoms with Gasteiger partial charge in [-0.2, -0.15) is 13.2 Å². The van der Waals surface area contributed by atoms with Gasteiger partial charge in [-0.15, -0.1) is 0 Å². The fourth-order valence-corrected chi connectivity index (χ4v) is 4.87. The number of thiazole rings is 1. The molecule has 33 heavy (non-hydrogen) atoms. The normalized spacial score (nSPS) is 17.5. The summed E-state index contributed by atoms with van der Waals surface area (Å²) >= 11 is 0.850. The van der Waals surface area contributed by atoms with E-state index in [-0.39, 0.29) is 21.4 Å². The van der Waals surface area contributed by atoms with E-state index in [9.17, 15) is 27.9 Å². The Hall–Kier alpha value is -2.99. The lowest BCUT2D eigenvalue weighted by Gasteiger charge is -2.23. The minimum atomic E-state index is -4.88. The van der Waals surface area contributed by atoms with E-state index in [4.69, 9.17) is 0 Å². The predicted octanol–water partition coefficient (Wildman–Crippen LogP) is 2.71. The van der Waals surface area contributed by atoms with Gasteiger partial charge in [0.1, 0.15) is 6.04 Å². The van der Waals surface area contributed by atoms with Crippen LogP contribution in [0, 0.1) is 0 Å². The van der Waals surface area contributed by atoms with E-state index in [2.05, 4.69) is 15.3 Å². The number of fused-ring (bicyclic) bond motifs is 1. The summed E-state index contributed by atoms with van der Waals surface area (Å²) in [5, 5.41) is 12.5. The van der Waals surface area contributed by atoms with E-state index in [0.717, 1.165) is 16.9 Å². The highest BCUT2D eigenvalue weighted by Crippen LogP contribution is 2.35. The Bertz CT molecular complexity index is 1210. The average molecular weight is 482 g/mol. The quantitative estimate of drug-likeness (QED) is 0.562. The molecular weight excluding hydrogens is 459 g/mol. The van der Waals surface area contributed by atoms with Crippen LogP contribution in [0.1, 0.15) is 37.2 Å². The summed E-state index contributed by atoms with van der Waals surface area (Å²) in [5.74, 6) is -1.60. The van der Waals surface area contributed by atoms with Gasteiger partial charge in [0.15, 0.2) is 15.5 Å². The Balaban J connectivity index is 1.65. The zero-order valence-corrected chi connectivity index (χ0v) is 18.5. The van der Waals surface area contributed by atoms with Gasteiger partial charge in [-0.05, 0) is 25.3 Å². The second kappa shape index (κ2) is 9.10. The van der Waals surface area contributed by atoms with Crippen molar-refractivity contribution in [1.82, 2.24) is 19.9 Å². The van der Waals surface area contributed by atoms with Gasteiger partial charge >= 0.3 is 6.18 Å². The largest absolute Gasteiger partial charge is 0.449 e. The lowest BCUT2D eigenvalue weighted by Crippen LogP contribution is -2.43. The molecule has 0 saturated carbocycles. The molecule has 2 aromatic heterocycles. The molecule has 0 bridgehead atoms. The summed E-state index contributed by atoms with van der Waals surface area (Å²) in [6.07, 6.45) is -3.62. The number of rotatable bonds is 6. The summed E-state index contributed by atoms with van der Waals surface area (Å²) in [5.41, 5.74) is -0.239. The topological polar surface area (TPSA) is 100 Å². The molecule has 0 spiro atoms. The van der Waals surface area contributed by atoms with Crippen LogP contribution in [0.4, 0.5) is 18.3 Å². The fourth-order valence-electron chi connectivity index (χ4n) is 3.86. The second-order valence-electron chi connectivity index (χ2n) is 7.84. The smallest absolute Gasteiger partial charge is 0.394 e. The van der Waals surface area contributed by atoms with Gasteiger partial charge < -0.3 is 15.3 Å². The molecule has 12 heteroatoms. The monoisotopic (exact) mass is 481 g/mol. The zero-order chi connectivity index (χ0) is 23.8. The third-order valence-corrected chi connectivity index (χ3v) is 6.51. The minimum absolute atomic E-state index is 0.154. The van der Waals surface area contributed by atoms with Gasteiger partial charge in [0.2, 0.25) is 11.7 Å². The van der Waals surface area contributed by atoms with Crippen molar-refractivity contribution in [2.75, 3.05) is 18.1 Å². The molecule has 0 unspecified atom stereocenters. The maximum absolute atomic E-state index is 13.6. The third kappa shape index (κ3) is 4.58. The van der Waals surface area contributed by atoms with Crippen molar-refractivity contribution in [3.63, 3.8) is 0 Å². The van der Waals surface area contributed by atoms with Gasteiger partial charge in [-0.25, -0.2) is 9.97 Å². The highest BCUT2D eigenvalue weighted by atomic mass is 32.1. The lowest BCUT2D eigenvalue weighted by atomic mass is 10.2. The minimum Gasteiger partial charge on any atom is -0.394 e. The van der Waals surface area contributed by atoms with Crippen molar-refractivity contribution in [3.8, 4) is 0 Å². The summed E-state index contributed by atoms with van der Waals surface area (Å²) in [7, 11) is 0. The van der Waals surface area contributed by atoms with Crippen molar-refractivity contribution < 1.29 is 23.1 Å². The van der Waals surface area contributed by atoms with Gasteiger partial charge in [-0.1, -0.05) is 41.7 Å². The highest BCUT2D eigenvalue weighted by molar-refractivity contribution is 7.21. The van der Waals surface area contributed by atoms with Crippen molar-refractivity contribution >= 4 is 32.7 Å². The Kier molecular flexibility index (Phi) is 6.39. The molecule has 1 saturated heterocycles. The first-order valence-corrected chi connectivity index (χ1v) is 11.2. The number of aliphatic hydroxyl groups is 1. The lowest BCUT2D eigenvalue weighted by molar-refractivity contribution is -0.148. The second-order valence-corrected chi connectivity index (χ2v) is 8.80. The fraction of sp³-hybridized carbons (Fsp3) is 0.429. The molecule has 0 aliphatic carbocycles. The number of carbonyl (C=O) groups is 1. The predicted molar refractivity (Wildman–Crippen MR) is 117 cm³/mol. The molecule has 1 aromatic carbocycles. The summed E-state index contributed by atoms with van der Waals surface area (Å²) < 4.78 is 41.1. The van der Waals surface area contributed by atoms with Gasteiger partial charge in [-0.3, -0.25) is 14.2 Å². The number of aromatic nitrogens is 3. The molecule has 1 aliphatic heterocycles. The highest BCUT2D eigenvalue weighted by Gasteiger charge is 2.40. The van der Waals surface area contributed by atoms with Crippen LogP contribution in [0.3, 0.4) is 0 Å². The van der Waals surface area contributed by atoms with E-state index in [0.29, 0.717) is 30.5 Å². The molecule has 0 radical (unpaired) electrons. The zero-order valence-electron chi connectivity index (χ0n) is 17.7. The first-order chi connectivity index (χ1) is 15.7. The van der Waals surface area contributed by atoms with Crippen molar-refractivity contribution in [2.24, 2.45) is 0 Å². The number of benzene rings is 1. The number of anilines is 1. The number of nitrogens with one attached hydrogen (secondary N) is 1. The number of carbonyl (C=O) groups excluding carboxylic acids is 1. The van der Waals surface area contributed by atoms with Gasteiger partial charge in [0.25, 0.3) is 5.56 Å². The van der Waals surface area contributed by atoms with Crippen LogP contribution in [0.15, 0.2) is 35.1 Å². The van der Waals surface area contributed by atoms with Crippen LogP contribution in [0.25, 0.3) is 10.3 Å². The van der Waals surface area contributed by atoms with E-state index in [1.54, 1.807) is 4.90 Å². The Morgan fingerprint density at radius 2 is 2.03 bits per heavy atom. The summed E-state index contributed by atoms with van der Waals surface area (Å²) in [6.45, 7) is 1.47. The maximum Gasteiger partial charge on any atom is 0.449 e. The third-order valence-electron chi connectivity index (χ3n) is 5.52. The van der Waals surface area contributed by atoms with E-state index >= 15 is 0 Å². The van der Waals surface area contributed by atoms with Gasteiger partial charge in [0, 0.05) is 13.1 Å². The molecular formula is C21H22F3N5O3S.